The molecule has 1 saturated heterocycles. The molecule has 11 heteroatoms. The van der Waals surface area contributed by atoms with Gasteiger partial charge >= 0.3 is 0 Å². The van der Waals surface area contributed by atoms with Crippen molar-refractivity contribution in [3.63, 3.8) is 0 Å². The van der Waals surface area contributed by atoms with Crippen molar-refractivity contribution < 1.29 is 18.7 Å². The Bertz CT molecular complexity index is 1220. The summed E-state index contributed by atoms with van der Waals surface area (Å²) in [5, 5.41) is 9.59. The smallest absolute Gasteiger partial charge is 0.263 e. The summed E-state index contributed by atoms with van der Waals surface area (Å²) >= 11 is 0. The van der Waals surface area contributed by atoms with Gasteiger partial charge in [-0.2, -0.15) is 0 Å². The van der Waals surface area contributed by atoms with Crippen LogP contribution in [-0.2, 0) is 17.8 Å². The summed E-state index contributed by atoms with van der Waals surface area (Å²) in [6.07, 6.45) is 5.47. The fourth-order valence-electron chi connectivity index (χ4n) is 4.51. The number of rotatable bonds is 8. The average Bonchev–Trinajstić information content (AvgIpc) is 3.31. The zero-order valence-electron chi connectivity index (χ0n) is 18.9. The fraction of sp³-hybridized carbons (Fsp3) is 0.435. The third-order valence-electron chi connectivity index (χ3n) is 6.38. The van der Waals surface area contributed by atoms with Crippen molar-refractivity contribution in [3.05, 3.63) is 41.6 Å². The number of aromatic nitrogens is 4. The van der Waals surface area contributed by atoms with Crippen LogP contribution in [0.5, 0.6) is 11.8 Å². The van der Waals surface area contributed by atoms with Gasteiger partial charge in [-0.05, 0) is 43.4 Å². The molecule has 0 radical (unpaired) electrons. The molecule has 0 aliphatic carbocycles. The number of carbonyl (C=O) groups is 1. The Hall–Kier alpha value is -3.44. The number of ether oxygens (including phenoxy) is 2. The monoisotopic (exact) mass is 467 g/mol. The number of hydrogen-bond donors (Lipinski definition) is 3. The molecular formula is C23H26FN7O3. The summed E-state index contributed by atoms with van der Waals surface area (Å²) in [5.74, 6) is 0.516. The van der Waals surface area contributed by atoms with Gasteiger partial charge in [-0.3, -0.25) is 4.79 Å². The van der Waals surface area contributed by atoms with Crippen molar-refractivity contribution in [2.45, 2.75) is 25.8 Å². The van der Waals surface area contributed by atoms with E-state index in [4.69, 9.17) is 9.47 Å². The van der Waals surface area contributed by atoms with Gasteiger partial charge in [0, 0.05) is 25.2 Å². The molecule has 3 N–H and O–H groups in total. The number of fused-ring (bicyclic) bond motifs is 2. The lowest BCUT2D eigenvalue weighted by molar-refractivity contribution is -0.118. The number of nitrogens with one attached hydrogen (secondary N) is 3. The van der Waals surface area contributed by atoms with Crippen LogP contribution in [-0.4, -0.2) is 59.2 Å². The van der Waals surface area contributed by atoms with Crippen LogP contribution in [0, 0.1) is 11.2 Å². The second-order valence-corrected chi connectivity index (χ2v) is 8.69. The van der Waals surface area contributed by atoms with Crippen LogP contribution < -0.4 is 25.4 Å². The molecule has 3 aromatic rings. The molecule has 178 valence electrons. The highest BCUT2D eigenvalue weighted by Crippen LogP contribution is 2.33. The molecule has 2 aliphatic heterocycles. The van der Waals surface area contributed by atoms with Crippen LogP contribution in [0.1, 0.15) is 24.1 Å². The van der Waals surface area contributed by atoms with Crippen LogP contribution >= 0.6 is 0 Å². The summed E-state index contributed by atoms with van der Waals surface area (Å²) in [5.41, 5.74) is 2.41. The first kappa shape index (κ1) is 22.4. The van der Waals surface area contributed by atoms with Gasteiger partial charge in [0.2, 0.25) is 5.88 Å². The van der Waals surface area contributed by atoms with Gasteiger partial charge < -0.3 is 25.4 Å². The summed E-state index contributed by atoms with van der Waals surface area (Å²) in [6.45, 7) is 2.91. The van der Waals surface area contributed by atoms with Crippen molar-refractivity contribution in [1.29, 1.82) is 0 Å². The number of halogens is 1. The maximum absolute atomic E-state index is 14.8. The van der Waals surface area contributed by atoms with E-state index in [0.29, 0.717) is 52.8 Å². The molecule has 0 unspecified atom stereocenters. The minimum atomic E-state index is -0.280. The van der Waals surface area contributed by atoms with E-state index in [1.165, 1.54) is 19.4 Å². The van der Waals surface area contributed by atoms with E-state index in [0.717, 1.165) is 32.5 Å². The lowest BCUT2D eigenvalue weighted by atomic mass is 9.81. The Morgan fingerprint density at radius 1 is 1.26 bits per heavy atom. The van der Waals surface area contributed by atoms with Gasteiger partial charge in [-0.15, -0.1) is 0 Å². The molecule has 1 fully saturated rings. The summed E-state index contributed by atoms with van der Waals surface area (Å²) in [6, 6.07) is 3.09. The van der Waals surface area contributed by atoms with Crippen molar-refractivity contribution in [2.24, 2.45) is 5.41 Å². The lowest BCUT2D eigenvalue weighted by Gasteiger charge is -2.29. The minimum Gasteiger partial charge on any atom is -0.480 e. The van der Waals surface area contributed by atoms with Crippen LogP contribution in [0.4, 0.5) is 10.2 Å². The maximum Gasteiger partial charge on any atom is 0.263 e. The summed E-state index contributed by atoms with van der Waals surface area (Å²) in [4.78, 5) is 29.0. The summed E-state index contributed by atoms with van der Waals surface area (Å²) in [7, 11) is 1.52. The number of anilines is 1. The lowest BCUT2D eigenvalue weighted by Crippen LogP contribution is -2.37. The molecule has 0 bridgehead atoms. The summed E-state index contributed by atoms with van der Waals surface area (Å²) < 4.78 is 25.2. The van der Waals surface area contributed by atoms with E-state index in [-0.39, 0.29) is 23.7 Å². The molecule has 1 atom stereocenters. The van der Waals surface area contributed by atoms with Crippen LogP contribution in [0.3, 0.4) is 0 Å². The van der Waals surface area contributed by atoms with Gasteiger partial charge in [-0.1, -0.05) is 0 Å². The van der Waals surface area contributed by atoms with E-state index in [2.05, 4.69) is 35.9 Å². The number of carbonyl (C=O) groups excluding carboxylic acids is 1. The van der Waals surface area contributed by atoms with E-state index >= 15 is 0 Å². The largest absolute Gasteiger partial charge is 0.480 e. The normalized spacial score (nSPS) is 19.5. The molecule has 10 nitrogen and oxygen atoms in total. The standard InChI is InChI=1S/C23H26FN7O3/c1-33-19-10-27-17-3-2-16(24)15(20(17)31-19)4-5-23(6-7-25-12-23)13-26-8-14-9-28-22-21(29-14)30-18(32)11-34-22/h2-3,9-10,25-26H,4-8,11-13H2,1H3,(H,29,30,32)/t23-/m0/s1. The highest BCUT2D eigenvalue weighted by atomic mass is 19.1. The Balaban J connectivity index is 1.27. The third-order valence-corrected chi connectivity index (χ3v) is 6.38. The Kier molecular flexibility index (Phi) is 6.20. The third kappa shape index (κ3) is 4.62. The Labute approximate surface area is 195 Å². The van der Waals surface area contributed by atoms with Crippen LogP contribution in [0.25, 0.3) is 11.0 Å². The second kappa shape index (κ2) is 9.43. The number of benzene rings is 1. The highest BCUT2D eigenvalue weighted by Gasteiger charge is 2.33. The van der Waals surface area contributed by atoms with E-state index < -0.39 is 0 Å². The maximum atomic E-state index is 14.8. The average molecular weight is 468 g/mol. The van der Waals surface area contributed by atoms with E-state index in [1.54, 1.807) is 12.3 Å². The zero-order chi connectivity index (χ0) is 23.5. The highest BCUT2D eigenvalue weighted by molar-refractivity contribution is 5.93. The van der Waals surface area contributed by atoms with Crippen molar-refractivity contribution >= 4 is 22.8 Å². The fourth-order valence-corrected chi connectivity index (χ4v) is 4.51. The molecule has 34 heavy (non-hydrogen) atoms. The first-order valence-electron chi connectivity index (χ1n) is 11.2. The number of aryl methyl sites for hydroxylation is 1. The topological polar surface area (TPSA) is 123 Å². The first-order chi connectivity index (χ1) is 16.5. The van der Waals surface area contributed by atoms with Gasteiger partial charge in [0.05, 0.1) is 36.2 Å². The van der Waals surface area contributed by atoms with Gasteiger partial charge in [0.1, 0.15) is 5.82 Å². The Morgan fingerprint density at radius 3 is 3.00 bits per heavy atom. The molecule has 4 heterocycles. The zero-order valence-corrected chi connectivity index (χ0v) is 18.9. The van der Waals surface area contributed by atoms with Crippen molar-refractivity contribution in [1.82, 2.24) is 30.6 Å². The number of hydrogen-bond acceptors (Lipinski definition) is 9. The van der Waals surface area contributed by atoms with Crippen LogP contribution in [0.15, 0.2) is 24.5 Å². The molecular weight excluding hydrogens is 441 g/mol. The quantitative estimate of drug-likeness (QED) is 0.453. The Morgan fingerprint density at radius 2 is 2.18 bits per heavy atom. The van der Waals surface area contributed by atoms with Crippen molar-refractivity contribution in [3.8, 4) is 11.8 Å². The molecule has 5 rings (SSSR count). The molecule has 1 amide bonds. The first-order valence-corrected chi connectivity index (χ1v) is 11.2. The van der Waals surface area contributed by atoms with Gasteiger partial charge in [0.25, 0.3) is 11.8 Å². The van der Waals surface area contributed by atoms with Crippen LogP contribution in [0.2, 0.25) is 0 Å². The molecule has 2 aliphatic rings. The van der Waals surface area contributed by atoms with Gasteiger partial charge in [0.15, 0.2) is 12.4 Å². The van der Waals surface area contributed by atoms with E-state index in [1.807, 2.05) is 0 Å². The van der Waals surface area contributed by atoms with Gasteiger partial charge in [-0.25, -0.2) is 24.3 Å². The number of nitrogens with zero attached hydrogens (tertiary/aromatic N) is 4. The second-order valence-electron chi connectivity index (χ2n) is 8.69. The predicted octanol–water partition coefficient (Wildman–Crippen LogP) is 1.60. The SMILES string of the molecule is COc1cnc2ccc(F)c(CC[C@]3(CNCc4cnc5c(n4)NC(=O)CO5)CCNC3)c2n1. The minimum absolute atomic E-state index is 0.0418. The molecule has 0 spiro atoms. The van der Waals surface area contributed by atoms with Crippen molar-refractivity contribution in [2.75, 3.05) is 38.7 Å². The molecule has 0 saturated carbocycles. The molecule has 1 aromatic carbocycles. The predicted molar refractivity (Wildman–Crippen MR) is 122 cm³/mol. The number of amides is 1. The number of methoxy groups -OCH3 is 1. The van der Waals surface area contributed by atoms with E-state index in [9.17, 15) is 9.18 Å². The molecule has 2 aromatic heterocycles.